The minimum Gasteiger partial charge on any atom is -0.468 e. The first-order chi connectivity index (χ1) is 9.92. The Kier molecular flexibility index (Phi) is 5.61. The molecule has 4 nitrogen and oxygen atoms in total. The van der Waals surface area contributed by atoms with Crippen molar-refractivity contribution in [2.45, 2.75) is 26.4 Å². The minimum absolute atomic E-state index is 0.227. The molecule has 0 aliphatic carbocycles. The zero-order chi connectivity index (χ0) is 15.3. The maximum Gasteiger partial charge on any atom is 0.147 e. The molecule has 2 aromatic heterocycles. The number of thiophene rings is 1. The Bertz CT molecular complexity index is 644. The van der Waals surface area contributed by atoms with Crippen molar-refractivity contribution >= 4 is 21.2 Å². The van der Waals surface area contributed by atoms with Crippen molar-refractivity contribution in [1.29, 1.82) is 0 Å². The van der Waals surface area contributed by atoms with E-state index < -0.39 is 9.84 Å². The van der Waals surface area contributed by atoms with Gasteiger partial charge in [0.15, 0.2) is 0 Å². The third-order valence-corrected chi connectivity index (χ3v) is 5.14. The van der Waals surface area contributed by atoms with E-state index >= 15 is 0 Å². The number of rotatable bonds is 8. The van der Waals surface area contributed by atoms with Crippen molar-refractivity contribution in [3.05, 3.63) is 46.0 Å². The number of hydrogen-bond acceptors (Lipinski definition) is 5. The van der Waals surface area contributed by atoms with Crippen molar-refractivity contribution in [3.8, 4) is 0 Å². The Morgan fingerprint density at radius 3 is 2.62 bits per heavy atom. The number of hydrogen-bond donors (Lipinski definition) is 0. The highest BCUT2D eigenvalue weighted by Crippen LogP contribution is 2.19. The van der Waals surface area contributed by atoms with Crippen LogP contribution in [0.1, 0.15) is 21.9 Å². The van der Waals surface area contributed by atoms with E-state index in [0.29, 0.717) is 13.0 Å². The van der Waals surface area contributed by atoms with Crippen molar-refractivity contribution in [2.24, 2.45) is 0 Å². The van der Waals surface area contributed by atoms with Gasteiger partial charge in [0.1, 0.15) is 15.6 Å². The fourth-order valence-electron chi connectivity index (χ4n) is 2.18. The lowest BCUT2D eigenvalue weighted by atomic mass is 10.3. The molecule has 0 saturated heterocycles. The summed E-state index contributed by atoms with van der Waals surface area (Å²) in [6, 6.07) is 8.07. The zero-order valence-electron chi connectivity index (χ0n) is 12.4. The number of aryl methyl sites for hydroxylation is 1. The van der Waals surface area contributed by atoms with Gasteiger partial charge in [-0.05, 0) is 44.2 Å². The zero-order valence-corrected chi connectivity index (χ0v) is 14.0. The summed E-state index contributed by atoms with van der Waals surface area (Å²) in [5.74, 6) is 1.13. The van der Waals surface area contributed by atoms with Gasteiger partial charge in [-0.1, -0.05) is 0 Å². The fourth-order valence-corrected chi connectivity index (χ4v) is 3.76. The Labute approximate surface area is 130 Å². The summed E-state index contributed by atoms with van der Waals surface area (Å²) < 4.78 is 27.9. The molecule has 0 bridgehead atoms. The average Bonchev–Trinajstić information content (AvgIpc) is 2.99. The quantitative estimate of drug-likeness (QED) is 0.747. The Morgan fingerprint density at radius 1 is 1.24 bits per heavy atom. The van der Waals surface area contributed by atoms with E-state index in [1.807, 2.05) is 12.1 Å². The van der Waals surface area contributed by atoms with E-state index in [4.69, 9.17) is 4.42 Å². The molecular weight excluding hydrogens is 306 g/mol. The number of sulfone groups is 1. The second kappa shape index (κ2) is 7.24. The summed E-state index contributed by atoms with van der Waals surface area (Å²) in [5, 5.41) is 0. The van der Waals surface area contributed by atoms with Gasteiger partial charge in [-0.15, -0.1) is 11.3 Å². The topological polar surface area (TPSA) is 50.5 Å². The van der Waals surface area contributed by atoms with Crippen LogP contribution in [0.3, 0.4) is 0 Å². The molecule has 0 atom stereocenters. The normalized spacial score (nSPS) is 12.1. The SMILES string of the molecule is Cc1ccc(CN(CCCS(C)(=O)=O)Cc2ccco2)s1. The molecule has 0 spiro atoms. The van der Waals surface area contributed by atoms with Crippen LogP contribution >= 0.6 is 11.3 Å². The first-order valence-corrected chi connectivity index (χ1v) is 9.78. The van der Waals surface area contributed by atoms with Crippen LogP contribution in [0.2, 0.25) is 0 Å². The lowest BCUT2D eigenvalue weighted by Crippen LogP contribution is -2.25. The minimum atomic E-state index is -2.90. The molecule has 0 fully saturated rings. The van der Waals surface area contributed by atoms with Crippen LogP contribution in [0.5, 0.6) is 0 Å². The second-order valence-electron chi connectivity index (χ2n) is 5.29. The average molecular weight is 327 g/mol. The van der Waals surface area contributed by atoms with Crippen LogP contribution < -0.4 is 0 Å². The van der Waals surface area contributed by atoms with E-state index in [0.717, 1.165) is 18.8 Å². The van der Waals surface area contributed by atoms with Gasteiger partial charge in [0.25, 0.3) is 0 Å². The predicted octanol–water partition coefficient (Wildman–Crippen LogP) is 3.09. The molecule has 0 N–H and O–H groups in total. The molecule has 2 aromatic rings. The summed E-state index contributed by atoms with van der Waals surface area (Å²) in [6.45, 7) is 4.36. The Morgan fingerprint density at radius 2 is 2.05 bits per heavy atom. The summed E-state index contributed by atoms with van der Waals surface area (Å²) in [7, 11) is -2.90. The monoisotopic (exact) mass is 327 g/mol. The molecule has 2 rings (SSSR count). The maximum absolute atomic E-state index is 11.3. The lowest BCUT2D eigenvalue weighted by molar-refractivity contribution is 0.238. The van der Waals surface area contributed by atoms with Gasteiger partial charge >= 0.3 is 0 Å². The van der Waals surface area contributed by atoms with Crippen LogP contribution in [0.15, 0.2) is 34.9 Å². The van der Waals surface area contributed by atoms with Crippen molar-refractivity contribution < 1.29 is 12.8 Å². The highest BCUT2D eigenvalue weighted by atomic mass is 32.2. The van der Waals surface area contributed by atoms with Crippen LogP contribution in [-0.4, -0.2) is 31.9 Å². The van der Waals surface area contributed by atoms with Gasteiger partial charge in [-0.25, -0.2) is 8.42 Å². The Hall–Kier alpha value is -1.11. The first-order valence-electron chi connectivity index (χ1n) is 6.90. The van der Waals surface area contributed by atoms with Gasteiger partial charge in [-0.2, -0.15) is 0 Å². The van der Waals surface area contributed by atoms with E-state index in [1.165, 1.54) is 16.0 Å². The van der Waals surface area contributed by atoms with Crippen molar-refractivity contribution in [1.82, 2.24) is 4.90 Å². The molecule has 116 valence electrons. The summed E-state index contributed by atoms with van der Waals surface area (Å²) in [4.78, 5) is 4.81. The van der Waals surface area contributed by atoms with E-state index in [-0.39, 0.29) is 5.75 Å². The summed E-state index contributed by atoms with van der Waals surface area (Å²) in [5.41, 5.74) is 0. The molecule has 2 heterocycles. The van der Waals surface area contributed by atoms with Gasteiger partial charge in [0, 0.05) is 22.6 Å². The number of furan rings is 1. The fraction of sp³-hybridized carbons (Fsp3) is 0.467. The van der Waals surface area contributed by atoms with Crippen LogP contribution in [0.4, 0.5) is 0 Å². The van der Waals surface area contributed by atoms with E-state index in [2.05, 4.69) is 24.0 Å². The highest BCUT2D eigenvalue weighted by molar-refractivity contribution is 7.90. The molecule has 0 aliphatic heterocycles. The molecule has 0 saturated carbocycles. The highest BCUT2D eigenvalue weighted by Gasteiger charge is 2.11. The van der Waals surface area contributed by atoms with Crippen molar-refractivity contribution in [3.63, 3.8) is 0 Å². The summed E-state index contributed by atoms with van der Waals surface area (Å²) >= 11 is 1.78. The van der Waals surface area contributed by atoms with Gasteiger partial charge in [0.2, 0.25) is 0 Å². The van der Waals surface area contributed by atoms with Gasteiger partial charge in [-0.3, -0.25) is 4.90 Å². The standard InChI is InChI=1S/C15H21NO3S2/c1-13-6-7-15(20-13)12-16(8-4-10-21(2,17)18)11-14-5-3-9-19-14/h3,5-7,9H,4,8,10-12H2,1-2H3. The van der Waals surface area contributed by atoms with Gasteiger partial charge < -0.3 is 4.42 Å². The predicted molar refractivity (Wildman–Crippen MR) is 86.2 cm³/mol. The molecule has 6 heteroatoms. The van der Waals surface area contributed by atoms with Crippen LogP contribution in [-0.2, 0) is 22.9 Å². The second-order valence-corrected chi connectivity index (χ2v) is 8.92. The molecule has 21 heavy (non-hydrogen) atoms. The molecule has 0 amide bonds. The number of nitrogens with zero attached hydrogens (tertiary/aromatic N) is 1. The largest absolute Gasteiger partial charge is 0.468 e. The van der Waals surface area contributed by atoms with Crippen LogP contribution in [0, 0.1) is 6.92 Å². The van der Waals surface area contributed by atoms with Crippen molar-refractivity contribution in [2.75, 3.05) is 18.6 Å². The third kappa shape index (κ3) is 6.03. The molecular formula is C15H21NO3S2. The first kappa shape index (κ1) is 16.3. The lowest BCUT2D eigenvalue weighted by Gasteiger charge is -2.20. The van der Waals surface area contributed by atoms with E-state index in [1.54, 1.807) is 17.6 Å². The molecule has 0 unspecified atom stereocenters. The molecule has 0 aliphatic rings. The third-order valence-electron chi connectivity index (χ3n) is 3.12. The Balaban J connectivity index is 1.96. The molecule has 0 radical (unpaired) electrons. The smallest absolute Gasteiger partial charge is 0.147 e. The van der Waals surface area contributed by atoms with E-state index in [9.17, 15) is 8.42 Å². The molecule has 0 aromatic carbocycles. The maximum atomic E-state index is 11.3. The van der Waals surface area contributed by atoms with Crippen LogP contribution in [0.25, 0.3) is 0 Å². The summed E-state index contributed by atoms with van der Waals surface area (Å²) in [6.07, 6.45) is 3.59. The van der Waals surface area contributed by atoms with Gasteiger partial charge in [0.05, 0.1) is 18.6 Å².